The second kappa shape index (κ2) is 9.37. The average Bonchev–Trinajstić information content (AvgIpc) is 3.23. The van der Waals surface area contributed by atoms with Crippen LogP contribution in [0.1, 0.15) is 18.4 Å². The molecule has 28 heavy (non-hydrogen) atoms. The maximum atomic E-state index is 13.1. The molecule has 0 atom stereocenters. The van der Waals surface area contributed by atoms with Crippen molar-refractivity contribution in [3.05, 3.63) is 64.9 Å². The summed E-state index contributed by atoms with van der Waals surface area (Å²) in [4.78, 5) is 25.9. The van der Waals surface area contributed by atoms with Gasteiger partial charge < -0.3 is 15.0 Å². The molecule has 146 valence electrons. The molecule has 1 aliphatic rings. The molecule has 0 spiro atoms. The molecule has 1 aliphatic heterocycles. The number of nitrogens with zero attached hydrogens (tertiary/aromatic N) is 1. The highest BCUT2D eigenvalue weighted by Crippen LogP contribution is 2.22. The minimum atomic E-state index is -0.681. The third kappa shape index (κ3) is 5.57. The van der Waals surface area contributed by atoms with E-state index in [0.717, 1.165) is 24.9 Å². The summed E-state index contributed by atoms with van der Waals surface area (Å²) in [7, 11) is 0. The SMILES string of the molecule is O=C(COC(=O)/C=C/c1ccc(F)c(Cl)c1)Nc1ccc(N2CCCC2)cc1. The van der Waals surface area contributed by atoms with Crippen molar-refractivity contribution in [2.45, 2.75) is 12.8 Å². The third-order valence-corrected chi connectivity index (χ3v) is 4.61. The smallest absolute Gasteiger partial charge is 0.331 e. The van der Waals surface area contributed by atoms with E-state index in [0.29, 0.717) is 11.3 Å². The van der Waals surface area contributed by atoms with Gasteiger partial charge in [0, 0.05) is 30.5 Å². The monoisotopic (exact) mass is 402 g/mol. The van der Waals surface area contributed by atoms with Gasteiger partial charge in [0.25, 0.3) is 5.91 Å². The van der Waals surface area contributed by atoms with E-state index in [1.165, 1.54) is 37.1 Å². The van der Waals surface area contributed by atoms with Crippen molar-refractivity contribution in [2.24, 2.45) is 0 Å². The first-order valence-corrected chi connectivity index (χ1v) is 9.34. The van der Waals surface area contributed by atoms with Crippen molar-refractivity contribution in [1.29, 1.82) is 0 Å². The minimum Gasteiger partial charge on any atom is -0.452 e. The van der Waals surface area contributed by atoms with Crippen LogP contribution in [0.5, 0.6) is 0 Å². The second-order valence-electron chi connectivity index (χ2n) is 6.40. The standard InChI is InChI=1S/C21H20ClFN2O3/c22-18-13-15(3-9-19(18)23)4-10-21(27)28-14-20(26)24-16-5-7-17(8-6-16)25-11-1-2-12-25/h3-10,13H,1-2,11-12,14H2,(H,24,26)/b10-4+. The number of esters is 1. The number of hydrogen-bond donors (Lipinski definition) is 1. The zero-order valence-corrected chi connectivity index (χ0v) is 15.9. The lowest BCUT2D eigenvalue weighted by atomic mass is 10.2. The zero-order valence-electron chi connectivity index (χ0n) is 15.2. The van der Waals surface area contributed by atoms with Gasteiger partial charge in [0.05, 0.1) is 5.02 Å². The summed E-state index contributed by atoms with van der Waals surface area (Å²) in [6.07, 6.45) is 4.99. The van der Waals surface area contributed by atoms with Gasteiger partial charge >= 0.3 is 5.97 Å². The Kier molecular flexibility index (Phi) is 6.66. The molecule has 0 aliphatic carbocycles. The molecule has 7 heteroatoms. The highest BCUT2D eigenvalue weighted by atomic mass is 35.5. The molecule has 0 radical (unpaired) electrons. The van der Waals surface area contributed by atoms with Crippen molar-refractivity contribution in [2.75, 3.05) is 29.9 Å². The number of carbonyl (C=O) groups excluding carboxylic acids is 2. The first-order chi connectivity index (χ1) is 13.5. The van der Waals surface area contributed by atoms with Gasteiger partial charge in [-0.25, -0.2) is 9.18 Å². The van der Waals surface area contributed by atoms with E-state index >= 15 is 0 Å². The summed E-state index contributed by atoms with van der Waals surface area (Å²) >= 11 is 5.67. The van der Waals surface area contributed by atoms with Gasteiger partial charge in [-0.15, -0.1) is 0 Å². The van der Waals surface area contributed by atoms with Gasteiger partial charge in [-0.05, 0) is 60.9 Å². The molecule has 1 amide bonds. The summed E-state index contributed by atoms with van der Waals surface area (Å²) in [5.74, 6) is -1.65. The van der Waals surface area contributed by atoms with Crippen molar-refractivity contribution in [3.8, 4) is 0 Å². The molecule has 2 aromatic rings. The van der Waals surface area contributed by atoms with Gasteiger partial charge in [0.2, 0.25) is 0 Å². The van der Waals surface area contributed by atoms with E-state index in [2.05, 4.69) is 10.2 Å². The number of nitrogens with one attached hydrogen (secondary N) is 1. The van der Waals surface area contributed by atoms with Crippen LogP contribution in [0, 0.1) is 5.82 Å². The van der Waals surface area contributed by atoms with Crippen LogP contribution in [0.2, 0.25) is 5.02 Å². The van der Waals surface area contributed by atoms with E-state index in [9.17, 15) is 14.0 Å². The lowest BCUT2D eigenvalue weighted by Gasteiger charge is -2.17. The largest absolute Gasteiger partial charge is 0.452 e. The number of rotatable bonds is 6. The Hall–Kier alpha value is -2.86. The van der Waals surface area contributed by atoms with Crippen LogP contribution < -0.4 is 10.2 Å². The van der Waals surface area contributed by atoms with Crippen molar-refractivity contribution in [3.63, 3.8) is 0 Å². The summed E-state index contributed by atoms with van der Waals surface area (Å²) in [5.41, 5.74) is 2.32. The number of hydrogen-bond acceptors (Lipinski definition) is 4. The quantitative estimate of drug-likeness (QED) is 0.579. The molecule has 1 fully saturated rings. The Morgan fingerprint density at radius 1 is 1.14 bits per heavy atom. The summed E-state index contributed by atoms with van der Waals surface area (Å²) in [6, 6.07) is 11.6. The van der Waals surface area contributed by atoms with Gasteiger partial charge in [-0.3, -0.25) is 4.79 Å². The van der Waals surface area contributed by atoms with Gasteiger partial charge in [0.1, 0.15) is 5.82 Å². The number of anilines is 2. The highest BCUT2D eigenvalue weighted by Gasteiger charge is 2.12. The van der Waals surface area contributed by atoms with Crippen molar-refractivity contribution in [1.82, 2.24) is 0 Å². The predicted octanol–water partition coefficient (Wildman–Crippen LogP) is 4.27. The van der Waals surface area contributed by atoms with Crippen LogP contribution in [-0.2, 0) is 14.3 Å². The normalized spacial score (nSPS) is 13.7. The van der Waals surface area contributed by atoms with Crippen molar-refractivity contribution < 1.29 is 18.7 Å². The van der Waals surface area contributed by atoms with E-state index in [-0.39, 0.29) is 5.02 Å². The average molecular weight is 403 g/mol. The second-order valence-corrected chi connectivity index (χ2v) is 6.81. The first-order valence-electron chi connectivity index (χ1n) is 8.96. The fourth-order valence-corrected chi connectivity index (χ4v) is 3.08. The van der Waals surface area contributed by atoms with Gasteiger partial charge in [0.15, 0.2) is 6.61 Å². The molecule has 5 nitrogen and oxygen atoms in total. The maximum Gasteiger partial charge on any atom is 0.331 e. The van der Waals surface area contributed by atoms with Crippen molar-refractivity contribution >= 4 is 40.9 Å². The van der Waals surface area contributed by atoms with E-state index in [1.807, 2.05) is 24.3 Å². The number of ether oxygens (including phenoxy) is 1. The fraction of sp³-hybridized carbons (Fsp3) is 0.238. The molecular weight excluding hydrogens is 383 g/mol. The van der Waals surface area contributed by atoms with E-state index in [1.54, 1.807) is 0 Å². The van der Waals surface area contributed by atoms with Gasteiger partial charge in [-0.2, -0.15) is 0 Å². The van der Waals surface area contributed by atoms with Crippen LogP contribution in [0.15, 0.2) is 48.5 Å². The number of halogens is 2. The Labute approximate surface area is 167 Å². The Morgan fingerprint density at radius 2 is 1.86 bits per heavy atom. The number of benzene rings is 2. The summed E-state index contributed by atoms with van der Waals surface area (Å²) in [5, 5.41) is 2.65. The third-order valence-electron chi connectivity index (χ3n) is 4.32. The van der Waals surface area contributed by atoms with Crippen LogP contribution in [-0.4, -0.2) is 31.6 Å². The van der Waals surface area contributed by atoms with E-state index in [4.69, 9.17) is 16.3 Å². The molecule has 1 N–H and O–H groups in total. The molecule has 0 saturated carbocycles. The van der Waals surface area contributed by atoms with Gasteiger partial charge in [-0.1, -0.05) is 17.7 Å². The lowest BCUT2D eigenvalue weighted by Crippen LogP contribution is -2.20. The molecule has 0 aromatic heterocycles. The lowest BCUT2D eigenvalue weighted by molar-refractivity contribution is -0.142. The van der Waals surface area contributed by atoms with Crippen LogP contribution in [0.4, 0.5) is 15.8 Å². The van der Waals surface area contributed by atoms with E-state index < -0.39 is 24.3 Å². The minimum absolute atomic E-state index is 0.0364. The molecule has 1 saturated heterocycles. The topological polar surface area (TPSA) is 58.6 Å². The number of carbonyl (C=O) groups is 2. The maximum absolute atomic E-state index is 13.1. The summed E-state index contributed by atoms with van der Waals surface area (Å²) in [6.45, 7) is 1.71. The number of amides is 1. The molecule has 1 heterocycles. The molecule has 0 unspecified atom stereocenters. The molecular formula is C21H20ClFN2O3. The Bertz CT molecular complexity index is 878. The fourth-order valence-electron chi connectivity index (χ4n) is 2.89. The van der Waals surface area contributed by atoms with Crippen LogP contribution >= 0.6 is 11.6 Å². The zero-order chi connectivity index (χ0) is 19.9. The Balaban J connectivity index is 1.44. The van der Waals surface area contributed by atoms with Crippen LogP contribution in [0.3, 0.4) is 0 Å². The van der Waals surface area contributed by atoms with Crippen LogP contribution in [0.25, 0.3) is 6.08 Å². The molecule has 2 aromatic carbocycles. The molecule has 3 rings (SSSR count). The molecule has 0 bridgehead atoms. The first kappa shape index (κ1) is 19.9. The predicted molar refractivity (Wildman–Crippen MR) is 108 cm³/mol. The Morgan fingerprint density at radius 3 is 2.54 bits per heavy atom. The highest BCUT2D eigenvalue weighted by molar-refractivity contribution is 6.30. The summed E-state index contributed by atoms with van der Waals surface area (Å²) < 4.78 is 18.0.